The summed E-state index contributed by atoms with van der Waals surface area (Å²) < 4.78 is 0. The quantitative estimate of drug-likeness (QED) is 0.777. The minimum absolute atomic E-state index is 0.960. The molecule has 0 bridgehead atoms. The summed E-state index contributed by atoms with van der Waals surface area (Å²) in [6.45, 7) is 4.35. The number of piperazine rings is 1. The molecule has 1 N–H and O–H groups in total. The van der Waals surface area contributed by atoms with Crippen LogP contribution in [-0.4, -0.2) is 48.1 Å². The largest absolute Gasteiger partial charge is 0.356 e. The van der Waals surface area contributed by atoms with Gasteiger partial charge in [0.25, 0.3) is 0 Å². The molecule has 0 radical (unpaired) electrons. The first-order valence-electron chi connectivity index (χ1n) is 9.10. The highest BCUT2D eigenvalue weighted by molar-refractivity contribution is 5.71. The summed E-state index contributed by atoms with van der Waals surface area (Å²) in [5, 5.41) is 0. The maximum absolute atomic E-state index is 4.47. The summed E-state index contributed by atoms with van der Waals surface area (Å²) in [7, 11) is 2.18. The second-order valence-corrected chi connectivity index (χ2v) is 6.76. The number of anilines is 1. The van der Waals surface area contributed by atoms with Crippen molar-refractivity contribution in [2.24, 2.45) is 0 Å². The molecular formula is C22H24N4. The van der Waals surface area contributed by atoms with Crippen molar-refractivity contribution in [2.45, 2.75) is 0 Å². The third-order valence-corrected chi connectivity index (χ3v) is 4.85. The van der Waals surface area contributed by atoms with Crippen molar-refractivity contribution in [3.05, 3.63) is 72.1 Å². The van der Waals surface area contributed by atoms with Crippen LogP contribution in [0.3, 0.4) is 0 Å². The molecule has 0 spiro atoms. The van der Waals surface area contributed by atoms with Crippen LogP contribution in [0.15, 0.2) is 60.8 Å². The third-order valence-electron chi connectivity index (χ3n) is 4.85. The first-order chi connectivity index (χ1) is 12.8. The van der Waals surface area contributed by atoms with Gasteiger partial charge in [-0.3, -0.25) is 4.98 Å². The topological polar surface area (TPSA) is 35.2 Å². The Balaban J connectivity index is 1.51. The van der Waals surface area contributed by atoms with Crippen molar-refractivity contribution >= 4 is 18.0 Å². The zero-order valence-electron chi connectivity index (χ0n) is 15.1. The number of likely N-dealkylation sites (N-methyl/N-ethyl adjacent to an activating group) is 1. The van der Waals surface area contributed by atoms with Gasteiger partial charge in [-0.1, -0.05) is 36.4 Å². The highest BCUT2D eigenvalue weighted by atomic mass is 15.3. The Morgan fingerprint density at radius 1 is 0.923 bits per heavy atom. The number of nitrogens with zero attached hydrogens (tertiary/aromatic N) is 3. The van der Waals surface area contributed by atoms with E-state index in [1.54, 1.807) is 0 Å². The minimum Gasteiger partial charge on any atom is -0.356 e. The monoisotopic (exact) mass is 344 g/mol. The van der Waals surface area contributed by atoms with E-state index in [1.165, 1.54) is 11.4 Å². The molecule has 1 fully saturated rings. The summed E-state index contributed by atoms with van der Waals surface area (Å²) in [6.07, 6.45) is 6.02. The molecule has 3 heterocycles. The van der Waals surface area contributed by atoms with Crippen molar-refractivity contribution in [1.82, 2.24) is 14.9 Å². The predicted octanol–water partition coefficient (Wildman–Crippen LogP) is 4.00. The van der Waals surface area contributed by atoms with E-state index in [0.29, 0.717) is 0 Å². The van der Waals surface area contributed by atoms with Crippen molar-refractivity contribution in [3.8, 4) is 11.3 Å². The van der Waals surface area contributed by atoms with Gasteiger partial charge in [0.2, 0.25) is 0 Å². The lowest BCUT2D eigenvalue weighted by Gasteiger charge is -2.33. The molecule has 2 aromatic heterocycles. The molecular weight excluding hydrogens is 320 g/mol. The van der Waals surface area contributed by atoms with E-state index in [9.17, 15) is 0 Å². The number of rotatable bonds is 4. The van der Waals surface area contributed by atoms with Crippen LogP contribution < -0.4 is 4.90 Å². The number of pyridine rings is 1. The fraction of sp³-hybridized carbons (Fsp3) is 0.227. The third kappa shape index (κ3) is 3.86. The molecule has 132 valence electrons. The molecule has 1 aliphatic heterocycles. The number of hydrogen-bond donors (Lipinski definition) is 1. The summed E-state index contributed by atoms with van der Waals surface area (Å²) in [5.74, 6) is 1.20. The van der Waals surface area contributed by atoms with Gasteiger partial charge >= 0.3 is 0 Å². The van der Waals surface area contributed by atoms with Gasteiger partial charge in [-0.05, 0) is 43.0 Å². The van der Waals surface area contributed by atoms with E-state index < -0.39 is 0 Å². The van der Waals surface area contributed by atoms with E-state index in [0.717, 1.165) is 43.1 Å². The maximum atomic E-state index is 4.47. The fourth-order valence-corrected chi connectivity index (χ4v) is 3.24. The maximum Gasteiger partial charge on any atom is 0.106 e. The van der Waals surface area contributed by atoms with Crippen LogP contribution in [0.25, 0.3) is 23.4 Å². The Kier molecular flexibility index (Phi) is 4.84. The van der Waals surface area contributed by atoms with Crippen LogP contribution >= 0.6 is 0 Å². The van der Waals surface area contributed by atoms with Gasteiger partial charge in [0.15, 0.2) is 0 Å². The Labute approximate surface area is 154 Å². The lowest BCUT2D eigenvalue weighted by atomic mass is 10.1. The van der Waals surface area contributed by atoms with Crippen LogP contribution in [0.4, 0.5) is 5.82 Å². The molecule has 26 heavy (non-hydrogen) atoms. The van der Waals surface area contributed by atoms with Crippen molar-refractivity contribution in [3.63, 3.8) is 0 Å². The van der Waals surface area contributed by atoms with E-state index >= 15 is 0 Å². The van der Waals surface area contributed by atoms with Crippen LogP contribution in [0.1, 0.15) is 11.3 Å². The van der Waals surface area contributed by atoms with E-state index in [-0.39, 0.29) is 0 Å². The highest BCUT2D eigenvalue weighted by Crippen LogP contribution is 2.24. The molecule has 4 rings (SSSR count). The fourth-order valence-electron chi connectivity index (χ4n) is 3.24. The van der Waals surface area contributed by atoms with E-state index in [4.69, 9.17) is 0 Å². The zero-order chi connectivity index (χ0) is 17.8. The second-order valence-electron chi connectivity index (χ2n) is 6.76. The molecule has 0 amide bonds. The van der Waals surface area contributed by atoms with E-state index in [2.05, 4.69) is 75.4 Å². The summed E-state index contributed by atoms with van der Waals surface area (Å²) in [6, 6.07) is 18.8. The van der Waals surface area contributed by atoms with Gasteiger partial charge in [-0.25, -0.2) is 0 Å². The van der Waals surface area contributed by atoms with Crippen molar-refractivity contribution in [1.29, 1.82) is 0 Å². The number of benzene rings is 1. The molecule has 0 saturated carbocycles. The smallest absolute Gasteiger partial charge is 0.106 e. The van der Waals surface area contributed by atoms with Gasteiger partial charge in [0.1, 0.15) is 5.82 Å². The molecule has 0 atom stereocenters. The molecule has 4 heteroatoms. The molecule has 1 aromatic carbocycles. The van der Waals surface area contributed by atoms with Gasteiger partial charge in [-0.2, -0.15) is 0 Å². The number of aromatic amines is 1. The number of aromatic nitrogens is 2. The van der Waals surface area contributed by atoms with Crippen LogP contribution in [-0.2, 0) is 0 Å². The molecule has 1 aliphatic rings. The Morgan fingerprint density at radius 2 is 1.73 bits per heavy atom. The Morgan fingerprint density at radius 3 is 2.54 bits per heavy atom. The average Bonchev–Trinajstić information content (AvgIpc) is 3.18. The molecule has 0 aliphatic carbocycles. The van der Waals surface area contributed by atoms with Crippen molar-refractivity contribution < 1.29 is 0 Å². The predicted molar refractivity (Wildman–Crippen MR) is 109 cm³/mol. The normalized spacial score (nSPS) is 15.7. The summed E-state index contributed by atoms with van der Waals surface area (Å²) in [4.78, 5) is 12.8. The first-order valence-corrected chi connectivity index (χ1v) is 9.10. The average molecular weight is 344 g/mol. The highest BCUT2D eigenvalue weighted by Gasteiger charge is 2.15. The van der Waals surface area contributed by atoms with Crippen molar-refractivity contribution in [2.75, 3.05) is 38.1 Å². The number of hydrogen-bond acceptors (Lipinski definition) is 3. The molecule has 3 aromatic rings. The van der Waals surface area contributed by atoms with Crippen LogP contribution in [0.5, 0.6) is 0 Å². The van der Waals surface area contributed by atoms with Gasteiger partial charge in [-0.15, -0.1) is 0 Å². The summed E-state index contributed by atoms with van der Waals surface area (Å²) >= 11 is 0. The summed E-state index contributed by atoms with van der Waals surface area (Å²) in [5.41, 5.74) is 4.43. The minimum atomic E-state index is 0.960. The first kappa shape index (κ1) is 16.6. The number of nitrogens with one attached hydrogen (secondary N) is 1. The van der Waals surface area contributed by atoms with Gasteiger partial charge in [0.05, 0.1) is 5.69 Å². The zero-order valence-corrected chi connectivity index (χ0v) is 15.1. The lowest BCUT2D eigenvalue weighted by Crippen LogP contribution is -2.44. The van der Waals surface area contributed by atoms with E-state index in [1.807, 2.05) is 24.4 Å². The van der Waals surface area contributed by atoms with Gasteiger partial charge < -0.3 is 14.8 Å². The number of H-pyrrole nitrogens is 1. The standard InChI is InChI=1S/C22H24N4/c1-25-13-15-26(16-14-25)22-10-9-21(24-22)19-11-12-23-20(17-19)8-7-18-5-3-2-4-6-18/h2-12,17,24H,13-16H2,1H3/b8-7+. The molecule has 1 saturated heterocycles. The SMILES string of the molecule is CN1CCN(c2ccc(-c3ccnc(/C=C/c4ccccc4)c3)[nH]2)CC1. The Bertz CT molecular complexity index is 874. The van der Waals surface area contributed by atoms with Gasteiger partial charge in [0, 0.05) is 43.6 Å². The lowest BCUT2D eigenvalue weighted by molar-refractivity contribution is 0.312. The molecule has 4 nitrogen and oxygen atoms in total. The second kappa shape index (κ2) is 7.58. The van der Waals surface area contributed by atoms with Crippen LogP contribution in [0, 0.1) is 0 Å². The van der Waals surface area contributed by atoms with Crippen LogP contribution in [0.2, 0.25) is 0 Å². The molecule has 0 unspecified atom stereocenters. The Hall–Kier alpha value is -2.85.